The predicted molar refractivity (Wildman–Crippen MR) is 84.0 cm³/mol. The van der Waals surface area contributed by atoms with Gasteiger partial charge >= 0.3 is 6.09 Å². The van der Waals surface area contributed by atoms with Crippen LogP contribution in [0.25, 0.3) is 0 Å². The Labute approximate surface area is 137 Å². The highest BCUT2D eigenvalue weighted by atomic mass is 16.6. The summed E-state index contributed by atoms with van der Waals surface area (Å²) in [5.74, 6) is 2.04. The number of amides is 1. The third kappa shape index (κ3) is 4.67. The summed E-state index contributed by atoms with van der Waals surface area (Å²) in [6.07, 6.45) is 3.04. The molecule has 1 aromatic rings. The molecule has 7 heteroatoms. The van der Waals surface area contributed by atoms with Gasteiger partial charge in [0.05, 0.1) is 6.54 Å². The van der Waals surface area contributed by atoms with Crippen LogP contribution in [0.5, 0.6) is 0 Å². The first-order valence-corrected chi connectivity index (χ1v) is 8.43. The van der Waals surface area contributed by atoms with Gasteiger partial charge in [-0.25, -0.2) is 4.79 Å². The van der Waals surface area contributed by atoms with Crippen LogP contribution < -0.4 is 0 Å². The second-order valence-corrected chi connectivity index (χ2v) is 7.42. The molecule has 0 radical (unpaired) electrons. The van der Waals surface area contributed by atoms with Crippen LogP contribution in [-0.2, 0) is 11.3 Å². The maximum atomic E-state index is 12.2. The Balaban J connectivity index is 1.50. The normalized spacial score (nSPS) is 20.4. The molecular weight excluding hydrogens is 296 g/mol. The van der Waals surface area contributed by atoms with Crippen LogP contribution in [0, 0.1) is 0 Å². The first kappa shape index (κ1) is 16.2. The standard InChI is InChI=1S/C16H26N4O3/c1-16(2,3)22-15(21)20-8-4-7-19(9-10-20)11-13-17-14(18-23-13)12-5-6-12/h12H,4-11H2,1-3H3. The second-order valence-electron chi connectivity index (χ2n) is 7.42. The summed E-state index contributed by atoms with van der Waals surface area (Å²) in [7, 11) is 0. The van der Waals surface area contributed by atoms with Crippen molar-refractivity contribution in [3.63, 3.8) is 0 Å². The summed E-state index contributed by atoms with van der Waals surface area (Å²) in [6.45, 7) is 9.43. The maximum Gasteiger partial charge on any atom is 0.410 e. The number of carbonyl (C=O) groups is 1. The highest BCUT2D eigenvalue weighted by molar-refractivity contribution is 5.68. The van der Waals surface area contributed by atoms with Crippen molar-refractivity contribution in [3.05, 3.63) is 11.7 Å². The van der Waals surface area contributed by atoms with Crippen LogP contribution in [0.15, 0.2) is 4.52 Å². The van der Waals surface area contributed by atoms with E-state index in [0.717, 1.165) is 31.9 Å². The minimum absolute atomic E-state index is 0.229. The van der Waals surface area contributed by atoms with Crippen LogP contribution in [0.1, 0.15) is 57.7 Å². The van der Waals surface area contributed by atoms with Crippen molar-refractivity contribution in [1.29, 1.82) is 0 Å². The molecule has 0 bridgehead atoms. The molecule has 1 aliphatic carbocycles. The molecule has 2 aliphatic rings. The average molecular weight is 322 g/mol. The summed E-state index contributed by atoms with van der Waals surface area (Å²) >= 11 is 0. The number of nitrogens with zero attached hydrogens (tertiary/aromatic N) is 4. The van der Waals surface area contributed by atoms with E-state index in [-0.39, 0.29) is 6.09 Å². The Bertz CT molecular complexity index is 548. The minimum Gasteiger partial charge on any atom is -0.444 e. The number of hydrogen-bond acceptors (Lipinski definition) is 6. The van der Waals surface area contributed by atoms with Gasteiger partial charge in [-0.15, -0.1) is 0 Å². The lowest BCUT2D eigenvalue weighted by Crippen LogP contribution is -2.39. The van der Waals surface area contributed by atoms with Gasteiger partial charge in [0.25, 0.3) is 0 Å². The lowest BCUT2D eigenvalue weighted by Gasteiger charge is -2.26. The van der Waals surface area contributed by atoms with Crippen molar-refractivity contribution >= 4 is 6.09 Å². The fourth-order valence-corrected chi connectivity index (χ4v) is 2.67. The van der Waals surface area contributed by atoms with Crippen molar-refractivity contribution in [2.75, 3.05) is 26.2 Å². The zero-order valence-corrected chi connectivity index (χ0v) is 14.2. The number of rotatable bonds is 3. The third-order valence-corrected chi connectivity index (χ3v) is 4.03. The highest BCUT2D eigenvalue weighted by Crippen LogP contribution is 2.38. The average Bonchev–Trinajstić information content (AvgIpc) is 3.23. The van der Waals surface area contributed by atoms with E-state index in [9.17, 15) is 4.79 Å². The molecule has 3 rings (SSSR count). The van der Waals surface area contributed by atoms with Crippen LogP contribution in [0.3, 0.4) is 0 Å². The number of aromatic nitrogens is 2. The zero-order valence-electron chi connectivity index (χ0n) is 14.2. The summed E-state index contributed by atoms with van der Waals surface area (Å²) in [6, 6.07) is 0. The van der Waals surface area contributed by atoms with Gasteiger partial charge in [-0.2, -0.15) is 4.98 Å². The molecule has 2 fully saturated rings. The van der Waals surface area contributed by atoms with Gasteiger partial charge in [0.2, 0.25) is 5.89 Å². The van der Waals surface area contributed by atoms with E-state index in [1.807, 2.05) is 20.8 Å². The van der Waals surface area contributed by atoms with E-state index >= 15 is 0 Å². The fourth-order valence-electron chi connectivity index (χ4n) is 2.67. The van der Waals surface area contributed by atoms with Gasteiger partial charge in [-0.05, 0) is 40.0 Å². The van der Waals surface area contributed by atoms with E-state index in [1.54, 1.807) is 4.90 Å². The first-order valence-electron chi connectivity index (χ1n) is 8.43. The molecule has 23 heavy (non-hydrogen) atoms. The largest absolute Gasteiger partial charge is 0.444 e. The Kier molecular flexibility index (Phi) is 4.57. The molecule has 0 N–H and O–H groups in total. The molecule has 1 amide bonds. The van der Waals surface area contributed by atoms with Crippen LogP contribution >= 0.6 is 0 Å². The lowest BCUT2D eigenvalue weighted by molar-refractivity contribution is 0.0257. The quantitative estimate of drug-likeness (QED) is 0.851. The molecule has 1 saturated carbocycles. The zero-order chi connectivity index (χ0) is 16.4. The summed E-state index contributed by atoms with van der Waals surface area (Å²) in [4.78, 5) is 20.7. The van der Waals surface area contributed by atoms with Gasteiger partial charge in [-0.1, -0.05) is 5.16 Å². The number of hydrogen-bond donors (Lipinski definition) is 0. The smallest absolute Gasteiger partial charge is 0.410 e. The second kappa shape index (κ2) is 6.47. The topological polar surface area (TPSA) is 71.7 Å². The van der Waals surface area contributed by atoms with Crippen LogP contribution in [0.4, 0.5) is 4.79 Å². The molecule has 2 heterocycles. The van der Waals surface area contributed by atoms with E-state index in [2.05, 4.69) is 15.0 Å². The molecule has 1 saturated heterocycles. The van der Waals surface area contributed by atoms with Crippen molar-refractivity contribution in [3.8, 4) is 0 Å². The van der Waals surface area contributed by atoms with E-state index < -0.39 is 5.60 Å². The van der Waals surface area contributed by atoms with Crippen LogP contribution in [0.2, 0.25) is 0 Å². The summed E-state index contributed by atoms with van der Waals surface area (Å²) < 4.78 is 10.8. The Hall–Kier alpha value is -1.63. The molecule has 7 nitrogen and oxygen atoms in total. The minimum atomic E-state index is -0.452. The van der Waals surface area contributed by atoms with Gasteiger partial charge in [0, 0.05) is 32.1 Å². The number of ether oxygens (including phenoxy) is 1. The summed E-state index contributed by atoms with van der Waals surface area (Å²) in [5.41, 5.74) is -0.452. The van der Waals surface area contributed by atoms with Gasteiger partial charge in [0.1, 0.15) is 5.60 Å². The molecule has 0 aromatic carbocycles. The van der Waals surface area contributed by atoms with E-state index in [0.29, 0.717) is 24.9 Å². The molecule has 0 spiro atoms. The van der Waals surface area contributed by atoms with Crippen molar-refractivity contribution in [1.82, 2.24) is 19.9 Å². The van der Waals surface area contributed by atoms with Crippen molar-refractivity contribution < 1.29 is 14.1 Å². The molecular formula is C16H26N4O3. The van der Waals surface area contributed by atoms with Crippen LogP contribution in [-0.4, -0.2) is 57.8 Å². The van der Waals surface area contributed by atoms with Gasteiger partial charge in [0.15, 0.2) is 5.82 Å². The van der Waals surface area contributed by atoms with Crippen molar-refractivity contribution in [2.24, 2.45) is 0 Å². The highest BCUT2D eigenvalue weighted by Gasteiger charge is 2.29. The molecule has 1 aliphatic heterocycles. The summed E-state index contributed by atoms with van der Waals surface area (Å²) in [5, 5.41) is 4.05. The SMILES string of the molecule is CC(C)(C)OC(=O)N1CCCN(Cc2nc(C3CC3)no2)CC1. The third-order valence-electron chi connectivity index (χ3n) is 4.03. The first-order chi connectivity index (χ1) is 10.9. The Morgan fingerprint density at radius 3 is 2.74 bits per heavy atom. The number of carbonyl (C=O) groups excluding carboxylic acids is 1. The van der Waals surface area contributed by atoms with Crippen molar-refractivity contribution in [2.45, 2.75) is 58.1 Å². The Morgan fingerprint density at radius 1 is 1.26 bits per heavy atom. The van der Waals surface area contributed by atoms with E-state index in [1.165, 1.54) is 12.8 Å². The van der Waals surface area contributed by atoms with Gasteiger partial charge in [-0.3, -0.25) is 4.90 Å². The predicted octanol–water partition coefficient (Wildman–Crippen LogP) is 2.39. The Morgan fingerprint density at radius 2 is 2.04 bits per heavy atom. The van der Waals surface area contributed by atoms with E-state index in [4.69, 9.17) is 9.26 Å². The van der Waals surface area contributed by atoms with Gasteiger partial charge < -0.3 is 14.2 Å². The maximum absolute atomic E-state index is 12.2. The molecule has 0 unspecified atom stereocenters. The lowest BCUT2D eigenvalue weighted by atomic mass is 10.2. The molecule has 0 atom stereocenters. The molecule has 1 aromatic heterocycles. The fraction of sp³-hybridized carbons (Fsp3) is 0.812. The monoisotopic (exact) mass is 322 g/mol. The molecule has 128 valence electrons.